The number of aliphatic hydroxyl groups excluding tert-OH is 1. The van der Waals surface area contributed by atoms with E-state index in [1.54, 1.807) is 23.3 Å². The second-order valence-electron chi connectivity index (χ2n) is 2.75. The second-order valence-corrected chi connectivity index (χ2v) is 2.75. The Morgan fingerprint density at radius 2 is 2.38 bits per heavy atom. The average Bonchev–Trinajstić information content (AvgIpc) is 2.33. The highest BCUT2D eigenvalue weighted by molar-refractivity contribution is 5.81. The molecule has 6 nitrogen and oxygen atoms in total. The van der Waals surface area contributed by atoms with E-state index >= 15 is 0 Å². The van der Waals surface area contributed by atoms with Gasteiger partial charge in [-0.05, 0) is 6.92 Å². The van der Waals surface area contributed by atoms with Crippen molar-refractivity contribution in [3.8, 4) is 0 Å². The number of hydrogen-bond donors (Lipinski definition) is 3. The molecule has 0 aliphatic heterocycles. The van der Waals surface area contributed by atoms with Gasteiger partial charge in [-0.2, -0.15) is 5.43 Å². The van der Waals surface area contributed by atoms with Crippen LogP contribution in [0.4, 0.5) is 4.79 Å². The summed E-state index contributed by atoms with van der Waals surface area (Å²) in [4.78, 5) is 11.0. The molecule has 0 bridgehead atoms. The molecule has 1 aromatic heterocycles. The molecule has 0 radical (unpaired) electrons. The molecule has 1 atom stereocenters. The molecule has 0 fully saturated rings. The summed E-state index contributed by atoms with van der Waals surface area (Å²) < 4.78 is 3.26. The third-order valence-corrected chi connectivity index (χ3v) is 1.34. The molecule has 0 saturated carbocycles. The molecule has 2 amide bonds. The fourth-order valence-corrected chi connectivity index (χ4v) is 0.856. The summed E-state index contributed by atoms with van der Waals surface area (Å²) >= 11 is 0. The quantitative estimate of drug-likeness (QED) is 0.404. The van der Waals surface area contributed by atoms with Crippen molar-refractivity contribution < 1.29 is 14.5 Å². The van der Waals surface area contributed by atoms with Gasteiger partial charge in [0.25, 0.3) is 6.33 Å². The summed E-state index contributed by atoms with van der Waals surface area (Å²) in [6, 6.07) is -0.453. The fraction of sp³-hybridized carbons (Fsp3) is 0.429. The Kier molecular flexibility index (Phi) is 2.86. The Hall–Kier alpha value is -1.56. The van der Waals surface area contributed by atoms with E-state index in [0.717, 1.165) is 0 Å². The molecule has 0 aromatic carbocycles. The van der Waals surface area contributed by atoms with Gasteiger partial charge >= 0.3 is 6.03 Å². The van der Waals surface area contributed by atoms with Gasteiger partial charge in [0.1, 0.15) is 12.4 Å². The van der Waals surface area contributed by atoms with E-state index in [1.807, 2.05) is 7.05 Å². The lowest BCUT2D eigenvalue weighted by Gasteiger charge is -2.05. The topological polar surface area (TPSA) is 70.2 Å². The molecule has 1 heterocycles. The third-order valence-electron chi connectivity index (χ3n) is 1.34. The lowest BCUT2D eigenvalue weighted by Crippen LogP contribution is -2.39. The van der Waals surface area contributed by atoms with Crippen LogP contribution in [0, 0.1) is 0 Å². The first-order valence-electron chi connectivity index (χ1n) is 3.87. The molecule has 1 rings (SSSR count). The van der Waals surface area contributed by atoms with E-state index in [9.17, 15) is 4.79 Å². The number of aryl methyl sites for hydroxylation is 1. The van der Waals surface area contributed by atoms with Gasteiger partial charge in [-0.25, -0.2) is 9.36 Å². The van der Waals surface area contributed by atoms with Crippen LogP contribution in [0.15, 0.2) is 18.7 Å². The van der Waals surface area contributed by atoms with Crippen molar-refractivity contribution in [2.75, 3.05) is 5.43 Å². The lowest BCUT2D eigenvalue weighted by molar-refractivity contribution is -0.670. The normalized spacial score (nSPS) is 12.2. The van der Waals surface area contributed by atoms with Gasteiger partial charge in [0.15, 0.2) is 6.20 Å². The highest BCUT2D eigenvalue weighted by Gasteiger charge is 2.06. The first kappa shape index (κ1) is 9.53. The van der Waals surface area contributed by atoms with Crippen molar-refractivity contribution in [1.82, 2.24) is 9.99 Å². The minimum absolute atomic E-state index is 0.453. The van der Waals surface area contributed by atoms with Crippen LogP contribution < -0.4 is 15.3 Å². The molecular weight excluding hydrogens is 172 g/mol. The van der Waals surface area contributed by atoms with Crippen LogP contribution in [0.2, 0.25) is 0 Å². The van der Waals surface area contributed by atoms with Gasteiger partial charge in [-0.15, -0.1) is 4.68 Å². The number of carbonyl (C=O) groups is 1. The molecular formula is C7H13N4O2+. The smallest absolute Gasteiger partial charge is 0.352 e. The zero-order valence-electron chi connectivity index (χ0n) is 7.56. The number of urea groups is 1. The van der Waals surface area contributed by atoms with E-state index in [-0.39, 0.29) is 0 Å². The predicted octanol–water partition coefficient (Wildman–Crippen LogP) is -1.10. The van der Waals surface area contributed by atoms with Gasteiger partial charge < -0.3 is 10.4 Å². The van der Waals surface area contributed by atoms with Crippen LogP contribution in [0.5, 0.6) is 0 Å². The maximum atomic E-state index is 11.0. The van der Waals surface area contributed by atoms with Gasteiger partial charge in [-0.1, -0.05) is 0 Å². The molecule has 0 aliphatic carbocycles. The number of carbonyl (C=O) groups excluding carboxylic acids is 1. The number of rotatable bonds is 2. The van der Waals surface area contributed by atoms with Crippen LogP contribution in [0.1, 0.15) is 6.92 Å². The molecule has 0 spiro atoms. The summed E-state index contributed by atoms with van der Waals surface area (Å²) in [6.45, 7) is 1.47. The van der Waals surface area contributed by atoms with Crippen molar-refractivity contribution in [3.05, 3.63) is 18.7 Å². The van der Waals surface area contributed by atoms with Crippen molar-refractivity contribution in [2.45, 2.75) is 13.2 Å². The number of hydrogen-bond acceptors (Lipinski definition) is 2. The fourth-order valence-electron chi connectivity index (χ4n) is 0.856. The highest BCUT2D eigenvalue weighted by atomic mass is 16.3. The number of aromatic nitrogens is 2. The SMILES string of the molecule is CC(O)NC(=O)Nn1cc[n+](C)c1. The number of aliphatic hydroxyl groups is 1. The van der Waals surface area contributed by atoms with Crippen LogP contribution in [-0.4, -0.2) is 22.0 Å². The Labute approximate surface area is 75.8 Å². The molecule has 0 saturated heterocycles. The van der Waals surface area contributed by atoms with Crippen LogP contribution in [0.25, 0.3) is 0 Å². The first-order chi connectivity index (χ1) is 6.08. The molecule has 72 valence electrons. The average molecular weight is 185 g/mol. The minimum atomic E-state index is -0.857. The van der Waals surface area contributed by atoms with Gasteiger partial charge in [-0.3, -0.25) is 0 Å². The maximum Gasteiger partial charge on any atom is 0.352 e. The summed E-state index contributed by atoms with van der Waals surface area (Å²) in [7, 11) is 1.84. The summed E-state index contributed by atoms with van der Waals surface area (Å²) in [5, 5.41) is 11.1. The third kappa shape index (κ3) is 3.12. The van der Waals surface area contributed by atoms with Gasteiger partial charge in [0, 0.05) is 0 Å². The van der Waals surface area contributed by atoms with Crippen molar-refractivity contribution in [2.24, 2.45) is 7.05 Å². The largest absolute Gasteiger partial charge is 0.374 e. The number of amides is 2. The monoisotopic (exact) mass is 185 g/mol. The van der Waals surface area contributed by atoms with Gasteiger partial charge in [0.05, 0.1) is 7.05 Å². The number of imidazole rings is 1. The standard InChI is InChI=1S/C7H12N4O2/c1-6(12)8-7(13)9-11-4-3-10(2)5-11/h3-6,12H,1-2H3,(H-,8,9,13)/p+1. The van der Waals surface area contributed by atoms with Crippen molar-refractivity contribution >= 4 is 6.03 Å². The Morgan fingerprint density at radius 1 is 1.69 bits per heavy atom. The Balaban J connectivity index is 2.45. The number of nitrogens with zero attached hydrogens (tertiary/aromatic N) is 2. The minimum Gasteiger partial charge on any atom is -0.374 e. The Morgan fingerprint density at radius 3 is 2.85 bits per heavy atom. The summed E-state index contributed by atoms with van der Waals surface area (Å²) in [6.07, 6.45) is 4.29. The zero-order valence-corrected chi connectivity index (χ0v) is 7.56. The molecule has 3 N–H and O–H groups in total. The highest BCUT2D eigenvalue weighted by Crippen LogP contribution is 1.79. The van der Waals surface area contributed by atoms with Crippen LogP contribution in [-0.2, 0) is 7.05 Å². The van der Waals surface area contributed by atoms with E-state index in [0.29, 0.717) is 0 Å². The van der Waals surface area contributed by atoms with Crippen molar-refractivity contribution in [1.29, 1.82) is 0 Å². The zero-order chi connectivity index (χ0) is 9.84. The van der Waals surface area contributed by atoms with Gasteiger partial charge in [0.2, 0.25) is 0 Å². The predicted molar refractivity (Wildman–Crippen MR) is 45.2 cm³/mol. The molecule has 0 aliphatic rings. The lowest BCUT2D eigenvalue weighted by atomic mass is 10.7. The van der Waals surface area contributed by atoms with E-state index in [2.05, 4.69) is 10.7 Å². The second kappa shape index (κ2) is 3.90. The molecule has 1 unspecified atom stereocenters. The first-order valence-corrected chi connectivity index (χ1v) is 3.87. The Bertz CT molecular complexity index is 294. The van der Waals surface area contributed by atoms with Crippen LogP contribution >= 0.6 is 0 Å². The molecule has 1 aromatic rings. The maximum absolute atomic E-state index is 11.0. The van der Waals surface area contributed by atoms with E-state index in [4.69, 9.17) is 5.11 Å². The summed E-state index contributed by atoms with van der Waals surface area (Å²) in [5.41, 5.74) is 2.48. The molecule has 6 heteroatoms. The van der Waals surface area contributed by atoms with E-state index < -0.39 is 12.3 Å². The van der Waals surface area contributed by atoms with E-state index in [1.165, 1.54) is 11.6 Å². The molecule has 13 heavy (non-hydrogen) atoms. The van der Waals surface area contributed by atoms with Crippen molar-refractivity contribution in [3.63, 3.8) is 0 Å². The number of nitrogens with one attached hydrogen (secondary N) is 2. The summed E-state index contributed by atoms with van der Waals surface area (Å²) in [5.74, 6) is 0. The van der Waals surface area contributed by atoms with Crippen LogP contribution in [0.3, 0.4) is 0 Å².